The fraction of sp³-hybridized carbons (Fsp3) is 0.533. The van der Waals surface area contributed by atoms with E-state index in [0.29, 0.717) is 6.61 Å². The third kappa shape index (κ3) is 4.21. The molecule has 1 fully saturated rings. The molecule has 0 radical (unpaired) electrons. The summed E-state index contributed by atoms with van der Waals surface area (Å²) in [6, 6.07) is 7.66. The number of ether oxygens (including phenoxy) is 2. The number of hydrogen-bond acceptors (Lipinski definition) is 4. The Balaban J connectivity index is 1.84. The van der Waals surface area contributed by atoms with E-state index in [1.54, 1.807) is 0 Å². The minimum absolute atomic E-state index is 0.111. The van der Waals surface area contributed by atoms with E-state index in [0.717, 1.165) is 42.6 Å². The van der Waals surface area contributed by atoms with Gasteiger partial charge in [0.25, 0.3) is 0 Å². The molecule has 1 aliphatic rings. The standard InChI is InChI=1S/C15H20BrNO3/c1-19-15(18)14-7-2-3-8-17(14)9-10-20-13-6-4-5-12(16)11-13/h4-6,11,14H,2-3,7-10H2,1H3/t14-/m1/s1. The van der Waals surface area contributed by atoms with Gasteiger partial charge < -0.3 is 9.47 Å². The van der Waals surface area contributed by atoms with E-state index >= 15 is 0 Å². The maximum atomic E-state index is 11.7. The molecule has 1 aromatic rings. The lowest BCUT2D eigenvalue weighted by Gasteiger charge is -2.33. The first-order chi connectivity index (χ1) is 9.70. The molecule has 0 spiro atoms. The van der Waals surface area contributed by atoms with Crippen molar-refractivity contribution >= 4 is 21.9 Å². The zero-order valence-corrected chi connectivity index (χ0v) is 13.3. The van der Waals surface area contributed by atoms with Gasteiger partial charge in [-0.25, -0.2) is 0 Å². The zero-order chi connectivity index (χ0) is 14.4. The Morgan fingerprint density at radius 2 is 2.30 bits per heavy atom. The monoisotopic (exact) mass is 341 g/mol. The molecular formula is C15H20BrNO3. The summed E-state index contributed by atoms with van der Waals surface area (Å²) in [5, 5.41) is 0. The number of carbonyl (C=O) groups is 1. The summed E-state index contributed by atoms with van der Waals surface area (Å²) in [7, 11) is 1.45. The number of nitrogens with zero attached hydrogens (tertiary/aromatic N) is 1. The topological polar surface area (TPSA) is 38.8 Å². The number of likely N-dealkylation sites (tertiary alicyclic amines) is 1. The molecule has 0 unspecified atom stereocenters. The van der Waals surface area contributed by atoms with Crippen LogP contribution in [0.4, 0.5) is 0 Å². The summed E-state index contributed by atoms with van der Waals surface area (Å²) in [5.41, 5.74) is 0. The number of benzene rings is 1. The van der Waals surface area contributed by atoms with Gasteiger partial charge in [-0.1, -0.05) is 28.4 Å². The third-order valence-corrected chi connectivity index (χ3v) is 4.02. The van der Waals surface area contributed by atoms with Gasteiger partial charge in [0.05, 0.1) is 7.11 Å². The molecule has 20 heavy (non-hydrogen) atoms. The van der Waals surface area contributed by atoms with E-state index in [4.69, 9.17) is 9.47 Å². The van der Waals surface area contributed by atoms with Gasteiger partial charge in [0.1, 0.15) is 18.4 Å². The van der Waals surface area contributed by atoms with Gasteiger partial charge in [0.15, 0.2) is 0 Å². The molecule has 0 N–H and O–H groups in total. The van der Waals surface area contributed by atoms with Crippen LogP contribution in [0.2, 0.25) is 0 Å². The van der Waals surface area contributed by atoms with Gasteiger partial charge in [-0.05, 0) is 37.6 Å². The van der Waals surface area contributed by atoms with Gasteiger partial charge in [-0.15, -0.1) is 0 Å². The zero-order valence-electron chi connectivity index (χ0n) is 11.7. The summed E-state index contributed by atoms with van der Waals surface area (Å²) in [5.74, 6) is 0.707. The Labute approximate surface area is 128 Å². The number of hydrogen-bond donors (Lipinski definition) is 0. The molecule has 0 amide bonds. The normalized spacial score (nSPS) is 19.6. The summed E-state index contributed by atoms with van der Waals surface area (Å²) in [6.45, 7) is 2.25. The average Bonchev–Trinajstić information content (AvgIpc) is 2.47. The average molecular weight is 342 g/mol. The second-order valence-electron chi connectivity index (χ2n) is 4.88. The van der Waals surface area contributed by atoms with Crippen molar-refractivity contribution in [2.45, 2.75) is 25.3 Å². The van der Waals surface area contributed by atoms with Crippen molar-refractivity contribution in [2.24, 2.45) is 0 Å². The van der Waals surface area contributed by atoms with Crippen molar-refractivity contribution in [3.8, 4) is 5.75 Å². The number of methoxy groups -OCH3 is 1. The molecule has 1 heterocycles. The van der Waals surface area contributed by atoms with E-state index in [9.17, 15) is 4.79 Å². The fourth-order valence-electron chi connectivity index (χ4n) is 2.50. The van der Waals surface area contributed by atoms with Crippen LogP contribution in [0.1, 0.15) is 19.3 Å². The minimum atomic E-state index is -0.132. The Bertz CT molecular complexity index is 452. The first kappa shape index (κ1) is 15.3. The molecule has 0 aliphatic carbocycles. The van der Waals surface area contributed by atoms with Crippen LogP contribution >= 0.6 is 15.9 Å². The van der Waals surface area contributed by atoms with Crippen LogP contribution in [0.25, 0.3) is 0 Å². The lowest BCUT2D eigenvalue weighted by Crippen LogP contribution is -2.46. The predicted molar refractivity (Wildman–Crippen MR) is 80.9 cm³/mol. The van der Waals surface area contributed by atoms with E-state index in [1.807, 2.05) is 24.3 Å². The van der Waals surface area contributed by atoms with Crippen LogP contribution in [-0.2, 0) is 9.53 Å². The number of esters is 1. The Hall–Kier alpha value is -1.07. The largest absolute Gasteiger partial charge is 0.492 e. The second-order valence-corrected chi connectivity index (χ2v) is 5.79. The SMILES string of the molecule is COC(=O)[C@H]1CCCCN1CCOc1cccc(Br)c1. The third-order valence-electron chi connectivity index (χ3n) is 3.53. The van der Waals surface area contributed by atoms with Crippen molar-refractivity contribution in [3.63, 3.8) is 0 Å². The Morgan fingerprint density at radius 3 is 3.05 bits per heavy atom. The molecule has 5 heteroatoms. The number of halogens is 1. The van der Waals surface area contributed by atoms with Crippen LogP contribution in [-0.4, -0.2) is 43.7 Å². The van der Waals surface area contributed by atoms with Gasteiger partial charge in [0.2, 0.25) is 0 Å². The van der Waals surface area contributed by atoms with Crippen molar-refractivity contribution in [1.29, 1.82) is 0 Å². The Morgan fingerprint density at radius 1 is 1.45 bits per heavy atom. The van der Waals surface area contributed by atoms with Crippen LogP contribution in [0, 0.1) is 0 Å². The van der Waals surface area contributed by atoms with E-state index in [1.165, 1.54) is 7.11 Å². The molecule has 0 aromatic heterocycles. The van der Waals surface area contributed by atoms with Crippen LogP contribution in [0.5, 0.6) is 5.75 Å². The highest BCUT2D eigenvalue weighted by atomic mass is 79.9. The molecule has 0 bridgehead atoms. The highest BCUT2D eigenvalue weighted by Gasteiger charge is 2.28. The van der Waals surface area contributed by atoms with Gasteiger partial charge in [-0.3, -0.25) is 9.69 Å². The lowest BCUT2D eigenvalue weighted by atomic mass is 10.0. The first-order valence-electron chi connectivity index (χ1n) is 6.91. The van der Waals surface area contributed by atoms with Crippen molar-refractivity contribution in [1.82, 2.24) is 4.90 Å². The maximum Gasteiger partial charge on any atom is 0.323 e. The van der Waals surface area contributed by atoms with Crippen LogP contribution in [0.15, 0.2) is 28.7 Å². The van der Waals surface area contributed by atoms with E-state index < -0.39 is 0 Å². The van der Waals surface area contributed by atoms with Crippen molar-refractivity contribution in [2.75, 3.05) is 26.8 Å². The number of rotatable bonds is 5. The molecule has 110 valence electrons. The summed E-state index contributed by atoms with van der Waals surface area (Å²) in [6.07, 6.45) is 3.09. The highest BCUT2D eigenvalue weighted by molar-refractivity contribution is 9.10. The lowest BCUT2D eigenvalue weighted by molar-refractivity contribution is -0.148. The van der Waals surface area contributed by atoms with Gasteiger partial charge >= 0.3 is 5.97 Å². The summed E-state index contributed by atoms with van der Waals surface area (Å²) >= 11 is 3.42. The van der Waals surface area contributed by atoms with E-state index in [-0.39, 0.29) is 12.0 Å². The molecule has 4 nitrogen and oxygen atoms in total. The van der Waals surface area contributed by atoms with Crippen molar-refractivity contribution < 1.29 is 14.3 Å². The van der Waals surface area contributed by atoms with Gasteiger partial charge in [0, 0.05) is 11.0 Å². The second kappa shape index (κ2) is 7.64. The summed E-state index contributed by atoms with van der Waals surface area (Å²) < 4.78 is 11.6. The quantitative estimate of drug-likeness (QED) is 0.772. The number of piperidine rings is 1. The smallest absolute Gasteiger partial charge is 0.323 e. The maximum absolute atomic E-state index is 11.7. The first-order valence-corrected chi connectivity index (χ1v) is 7.70. The Kier molecular flexibility index (Phi) is 5.86. The molecular weight excluding hydrogens is 322 g/mol. The molecule has 1 aliphatic heterocycles. The molecule has 0 saturated carbocycles. The molecule has 1 atom stereocenters. The van der Waals surface area contributed by atoms with Gasteiger partial charge in [-0.2, -0.15) is 0 Å². The molecule has 2 rings (SSSR count). The minimum Gasteiger partial charge on any atom is -0.492 e. The predicted octanol–water partition coefficient (Wildman–Crippen LogP) is 2.86. The summed E-state index contributed by atoms with van der Waals surface area (Å²) in [4.78, 5) is 13.9. The van der Waals surface area contributed by atoms with Crippen molar-refractivity contribution in [3.05, 3.63) is 28.7 Å². The molecule has 1 aromatic carbocycles. The fourth-order valence-corrected chi connectivity index (χ4v) is 2.88. The number of carbonyl (C=O) groups excluding carboxylic acids is 1. The van der Waals surface area contributed by atoms with Crippen LogP contribution < -0.4 is 4.74 Å². The highest BCUT2D eigenvalue weighted by Crippen LogP contribution is 2.19. The molecule has 1 saturated heterocycles. The van der Waals surface area contributed by atoms with Crippen LogP contribution in [0.3, 0.4) is 0 Å². The van der Waals surface area contributed by atoms with E-state index in [2.05, 4.69) is 20.8 Å².